The van der Waals surface area contributed by atoms with Gasteiger partial charge < -0.3 is 23.7 Å². The Morgan fingerprint density at radius 1 is 1.21 bits per heavy atom. The third-order valence-corrected chi connectivity index (χ3v) is 5.36. The molecule has 0 aliphatic heterocycles. The van der Waals surface area contributed by atoms with Gasteiger partial charge in [0.1, 0.15) is 37.4 Å². The van der Waals surface area contributed by atoms with Crippen molar-refractivity contribution in [3.8, 4) is 0 Å². The van der Waals surface area contributed by atoms with Gasteiger partial charge in [-0.15, -0.1) is 0 Å². The van der Waals surface area contributed by atoms with Crippen molar-refractivity contribution in [3.63, 3.8) is 0 Å². The molecule has 1 aliphatic rings. The molecule has 1 aromatic carbocycles. The average Bonchev–Trinajstić information content (AvgIpc) is 3.25. The van der Waals surface area contributed by atoms with E-state index in [-0.39, 0.29) is 5.82 Å². The number of aliphatic hydroxyl groups excluding tert-OH is 1. The van der Waals surface area contributed by atoms with E-state index in [1.165, 1.54) is 29.5 Å². The van der Waals surface area contributed by atoms with Gasteiger partial charge in [0.2, 0.25) is 0 Å². The Bertz CT molecular complexity index is 889. The molecule has 3 aromatic rings. The number of nitrogens with one attached hydrogen (secondary N) is 1. The van der Waals surface area contributed by atoms with Gasteiger partial charge in [-0.05, 0) is 42.0 Å². The highest BCUT2D eigenvalue weighted by molar-refractivity contribution is 5.18. The normalized spacial score (nSPS) is 16.1. The molecule has 6 heteroatoms. The maximum Gasteiger partial charge on any atom is 0.129 e. The number of halogens is 1. The number of furan rings is 1. The average molecular weight is 399 g/mol. The maximum atomic E-state index is 13.5. The van der Waals surface area contributed by atoms with Crippen molar-refractivity contribution < 1.29 is 23.6 Å². The van der Waals surface area contributed by atoms with Crippen LogP contribution in [-0.4, -0.2) is 35.0 Å². The first kappa shape index (κ1) is 19.9. The summed E-state index contributed by atoms with van der Waals surface area (Å²) in [5.41, 5.74) is 2.14. The van der Waals surface area contributed by atoms with Crippen LogP contribution < -0.4 is 4.90 Å². The second kappa shape index (κ2) is 9.39. The van der Waals surface area contributed by atoms with Crippen LogP contribution >= 0.6 is 0 Å². The summed E-state index contributed by atoms with van der Waals surface area (Å²) in [6, 6.07) is 15.2. The lowest BCUT2D eigenvalue weighted by atomic mass is 10.2. The molecular formula is C23H28FN2O3+. The highest BCUT2D eigenvalue weighted by Crippen LogP contribution is 2.16. The minimum atomic E-state index is -0.521. The van der Waals surface area contributed by atoms with Crippen LogP contribution in [-0.2, 0) is 24.4 Å². The van der Waals surface area contributed by atoms with E-state index in [0.29, 0.717) is 32.3 Å². The number of aliphatic hydroxyl groups is 1. The van der Waals surface area contributed by atoms with E-state index in [9.17, 15) is 9.50 Å². The monoisotopic (exact) mass is 399 g/mol. The molecule has 0 saturated heterocycles. The van der Waals surface area contributed by atoms with Gasteiger partial charge in [-0.1, -0.05) is 12.1 Å². The van der Waals surface area contributed by atoms with Crippen molar-refractivity contribution in [2.45, 2.75) is 44.7 Å². The van der Waals surface area contributed by atoms with Crippen LogP contribution in [0.5, 0.6) is 0 Å². The Hall–Kier alpha value is -2.41. The third-order valence-electron chi connectivity index (χ3n) is 5.36. The van der Waals surface area contributed by atoms with Crippen molar-refractivity contribution >= 4 is 0 Å². The van der Waals surface area contributed by atoms with E-state index in [4.69, 9.17) is 9.15 Å². The van der Waals surface area contributed by atoms with Gasteiger partial charge in [0.05, 0.1) is 24.6 Å². The molecule has 5 nitrogen and oxygen atoms in total. The second-order valence-corrected chi connectivity index (χ2v) is 7.82. The number of ether oxygens (including phenoxy) is 1. The van der Waals surface area contributed by atoms with Gasteiger partial charge in [0.25, 0.3) is 0 Å². The first-order valence-electron chi connectivity index (χ1n) is 10.2. The quantitative estimate of drug-likeness (QED) is 0.521. The van der Waals surface area contributed by atoms with Crippen LogP contribution in [0.25, 0.3) is 0 Å². The van der Waals surface area contributed by atoms with Crippen molar-refractivity contribution in [2.24, 2.45) is 0 Å². The number of benzene rings is 1. The molecule has 1 saturated carbocycles. The van der Waals surface area contributed by atoms with Gasteiger partial charge in [-0.3, -0.25) is 0 Å². The summed E-state index contributed by atoms with van der Waals surface area (Å²) < 4.78 is 26.5. The molecule has 2 N–H and O–H groups in total. The molecule has 0 amide bonds. The zero-order valence-electron chi connectivity index (χ0n) is 16.5. The van der Waals surface area contributed by atoms with Crippen molar-refractivity contribution in [1.29, 1.82) is 0 Å². The summed E-state index contributed by atoms with van der Waals surface area (Å²) in [5.74, 6) is 0.554. The highest BCUT2D eigenvalue weighted by Gasteiger charge is 2.35. The Kier molecular flexibility index (Phi) is 6.44. The molecule has 2 atom stereocenters. The summed E-state index contributed by atoms with van der Waals surface area (Å²) in [5, 5.41) is 10.5. The molecule has 4 rings (SSSR count). The lowest BCUT2D eigenvalue weighted by molar-refractivity contribution is -0.928. The second-order valence-electron chi connectivity index (χ2n) is 7.82. The number of hydrogen-bond acceptors (Lipinski definition) is 3. The fourth-order valence-corrected chi connectivity index (χ4v) is 3.76. The Morgan fingerprint density at radius 2 is 2.10 bits per heavy atom. The highest BCUT2D eigenvalue weighted by atomic mass is 19.1. The smallest absolute Gasteiger partial charge is 0.129 e. The Labute approximate surface area is 170 Å². The molecule has 29 heavy (non-hydrogen) atoms. The van der Waals surface area contributed by atoms with Crippen LogP contribution in [0, 0.1) is 5.82 Å². The van der Waals surface area contributed by atoms with Crippen LogP contribution in [0.3, 0.4) is 0 Å². The van der Waals surface area contributed by atoms with E-state index in [2.05, 4.69) is 10.6 Å². The van der Waals surface area contributed by atoms with Gasteiger partial charge >= 0.3 is 0 Å². The summed E-state index contributed by atoms with van der Waals surface area (Å²) >= 11 is 0. The molecule has 0 radical (unpaired) electrons. The minimum Gasteiger partial charge on any atom is -0.467 e. The Balaban J connectivity index is 1.32. The van der Waals surface area contributed by atoms with Gasteiger partial charge in [-0.2, -0.15) is 0 Å². The number of quaternary nitrogens is 1. The number of aromatic nitrogens is 1. The zero-order chi connectivity index (χ0) is 20.1. The lowest BCUT2D eigenvalue weighted by Gasteiger charge is -2.23. The maximum absolute atomic E-state index is 13.5. The largest absolute Gasteiger partial charge is 0.467 e. The summed E-state index contributed by atoms with van der Waals surface area (Å²) in [6.45, 7) is 2.80. The van der Waals surface area contributed by atoms with Crippen LogP contribution in [0.2, 0.25) is 0 Å². The topological polar surface area (TPSA) is 52.0 Å². The first-order chi connectivity index (χ1) is 14.2. The fraction of sp³-hybridized carbons (Fsp3) is 0.391. The number of rotatable bonds is 11. The standard InChI is InChI=1S/C23H27FN2O3/c24-19-5-1-4-18(12-19)13-25-10-2-6-21(25)14-26(20-8-9-20)15-22(27)16-28-17-23-7-3-11-29-23/h1-7,10-12,20,22,27H,8-9,13-17H2/p+1/t22-/m1/s1. The fourth-order valence-electron chi connectivity index (χ4n) is 3.76. The molecule has 1 aliphatic carbocycles. The van der Waals surface area contributed by atoms with Crippen molar-refractivity contribution in [3.05, 3.63) is 83.8 Å². The van der Waals surface area contributed by atoms with E-state index in [1.807, 2.05) is 30.5 Å². The predicted molar refractivity (Wildman–Crippen MR) is 107 cm³/mol. The Morgan fingerprint density at radius 3 is 2.86 bits per heavy atom. The number of hydrogen-bond donors (Lipinski definition) is 2. The molecule has 1 fully saturated rings. The number of nitrogens with zero attached hydrogens (tertiary/aromatic N) is 1. The van der Waals surface area contributed by atoms with Crippen LogP contribution in [0.1, 0.15) is 29.9 Å². The lowest BCUT2D eigenvalue weighted by Crippen LogP contribution is -3.13. The van der Waals surface area contributed by atoms with Crippen LogP contribution in [0.4, 0.5) is 4.39 Å². The molecule has 0 bridgehead atoms. The van der Waals surface area contributed by atoms with Gasteiger partial charge in [0.15, 0.2) is 0 Å². The summed E-state index contributed by atoms with van der Waals surface area (Å²) in [6.07, 6.45) is 5.52. The summed E-state index contributed by atoms with van der Waals surface area (Å²) in [4.78, 5) is 1.37. The van der Waals surface area contributed by atoms with E-state index in [0.717, 1.165) is 17.9 Å². The molecule has 1 unspecified atom stereocenters. The summed E-state index contributed by atoms with van der Waals surface area (Å²) in [7, 11) is 0. The third kappa shape index (κ3) is 5.79. The first-order valence-corrected chi connectivity index (χ1v) is 10.2. The SMILES string of the molecule is O[C@@H](COCc1ccco1)C[NH+](Cc1cccn1Cc1cccc(F)c1)C1CC1. The minimum absolute atomic E-state index is 0.209. The van der Waals surface area contributed by atoms with E-state index < -0.39 is 6.10 Å². The van der Waals surface area contributed by atoms with Crippen molar-refractivity contribution in [1.82, 2.24) is 4.57 Å². The molecule has 0 spiro atoms. The molecule has 2 aromatic heterocycles. The molecule has 2 heterocycles. The molecular weight excluding hydrogens is 371 g/mol. The van der Waals surface area contributed by atoms with E-state index >= 15 is 0 Å². The van der Waals surface area contributed by atoms with Crippen molar-refractivity contribution in [2.75, 3.05) is 13.2 Å². The molecule has 154 valence electrons. The zero-order valence-corrected chi connectivity index (χ0v) is 16.5. The predicted octanol–water partition coefficient (Wildman–Crippen LogP) is 2.39. The van der Waals surface area contributed by atoms with Gasteiger partial charge in [0, 0.05) is 25.6 Å². The van der Waals surface area contributed by atoms with Crippen LogP contribution in [0.15, 0.2) is 65.4 Å². The van der Waals surface area contributed by atoms with Gasteiger partial charge in [-0.25, -0.2) is 4.39 Å². The van der Waals surface area contributed by atoms with E-state index in [1.54, 1.807) is 18.4 Å².